The van der Waals surface area contributed by atoms with Gasteiger partial charge < -0.3 is 26.7 Å². The van der Waals surface area contributed by atoms with Gasteiger partial charge in [-0.2, -0.15) is 5.10 Å². The molecule has 1 saturated carbocycles. The van der Waals surface area contributed by atoms with Crippen molar-refractivity contribution in [1.29, 1.82) is 5.41 Å². The number of likely N-dealkylation sites (N-methyl/N-ethyl adjacent to an activating group) is 1. The molecule has 0 unspecified atom stereocenters. The smallest absolute Gasteiger partial charge is 0.125 e. The van der Waals surface area contributed by atoms with E-state index >= 15 is 0 Å². The Bertz CT molecular complexity index is 1640. The second kappa shape index (κ2) is 13.2. The first-order valence-electron chi connectivity index (χ1n) is 15.2. The Morgan fingerprint density at radius 2 is 1.79 bits per heavy atom. The second-order valence-corrected chi connectivity index (χ2v) is 11.3. The highest BCUT2D eigenvalue weighted by molar-refractivity contribution is 5.96. The zero-order valence-electron chi connectivity index (χ0n) is 24.7. The lowest BCUT2D eigenvalue weighted by atomic mass is 9.80. The molecule has 1 aliphatic rings. The number of hydrogen-bond donors (Lipinski definition) is 4. The molecule has 0 amide bonds. The third-order valence-electron chi connectivity index (χ3n) is 8.46. The largest absolute Gasteiger partial charge is 0.371 e. The Labute approximate surface area is 253 Å². The maximum Gasteiger partial charge on any atom is 0.125 e. The molecule has 0 bridgehead atoms. The zero-order valence-corrected chi connectivity index (χ0v) is 24.7. The summed E-state index contributed by atoms with van der Waals surface area (Å²) in [6, 6.07) is 26.1. The monoisotopic (exact) mass is 572 g/mol. The molecule has 3 aromatic heterocycles. The fraction of sp³-hybridized carbons (Fsp3) is 0.286. The highest BCUT2D eigenvalue weighted by atomic mass is 15.2. The molecular formula is C35H40N8. The molecule has 0 saturated heterocycles. The van der Waals surface area contributed by atoms with Crippen molar-refractivity contribution >= 4 is 23.2 Å². The van der Waals surface area contributed by atoms with Crippen molar-refractivity contribution in [3.8, 4) is 22.3 Å². The van der Waals surface area contributed by atoms with E-state index in [1.807, 2.05) is 23.0 Å². The Morgan fingerprint density at radius 1 is 1.00 bits per heavy atom. The van der Waals surface area contributed by atoms with Crippen molar-refractivity contribution in [2.45, 2.75) is 32.4 Å². The molecule has 43 heavy (non-hydrogen) atoms. The van der Waals surface area contributed by atoms with Gasteiger partial charge in [-0.05, 0) is 67.1 Å². The van der Waals surface area contributed by atoms with Crippen LogP contribution in [0, 0.1) is 11.3 Å². The molecule has 6 rings (SSSR count). The summed E-state index contributed by atoms with van der Waals surface area (Å²) in [6.45, 7) is 6.37. The summed E-state index contributed by atoms with van der Waals surface area (Å²) in [4.78, 5) is 7.03. The molecule has 2 aromatic carbocycles. The number of nitrogens with two attached hydrogens (primary N) is 1. The fourth-order valence-electron chi connectivity index (χ4n) is 5.95. The van der Waals surface area contributed by atoms with Crippen molar-refractivity contribution in [1.82, 2.24) is 19.9 Å². The number of hydrogen-bond acceptors (Lipinski definition) is 7. The lowest BCUT2D eigenvalue weighted by Crippen LogP contribution is -2.43. The molecule has 3 heterocycles. The highest BCUT2D eigenvalue weighted by Crippen LogP contribution is 2.33. The predicted molar refractivity (Wildman–Crippen MR) is 177 cm³/mol. The summed E-state index contributed by atoms with van der Waals surface area (Å²) < 4.78 is 1.87. The molecule has 8 nitrogen and oxygen atoms in total. The molecule has 1 fully saturated rings. The summed E-state index contributed by atoms with van der Waals surface area (Å²) in [6.07, 6.45) is 9.42. The van der Waals surface area contributed by atoms with Gasteiger partial charge in [0.1, 0.15) is 5.82 Å². The van der Waals surface area contributed by atoms with E-state index in [1.165, 1.54) is 24.6 Å². The summed E-state index contributed by atoms with van der Waals surface area (Å²) in [5.74, 6) is 1.53. The van der Waals surface area contributed by atoms with Crippen molar-refractivity contribution in [2.75, 3.05) is 36.4 Å². The van der Waals surface area contributed by atoms with Crippen LogP contribution in [0.25, 0.3) is 27.8 Å². The number of benzene rings is 2. The summed E-state index contributed by atoms with van der Waals surface area (Å²) in [5, 5.41) is 19.7. The van der Waals surface area contributed by atoms with Crippen LogP contribution in [0.1, 0.15) is 30.9 Å². The van der Waals surface area contributed by atoms with Crippen LogP contribution in [0.5, 0.6) is 0 Å². The fourth-order valence-corrected chi connectivity index (χ4v) is 5.95. The topological polar surface area (TPSA) is 107 Å². The Balaban J connectivity index is 1.14. The van der Waals surface area contributed by atoms with Crippen LogP contribution in [0.2, 0.25) is 0 Å². The highest BCUT2D eigenvalue weighted by Gasteiger charge is 2.28. The van der Waals surface area contributed by atoms with Gasteiger partial charge in [0.2, 0.25) is 0 Å². The standard InChI is InChI=1S/C35H40N8/c1-2-42(15-14-36)32-11-8-27(9-12-32)29-18-33(35-30(19-37)23-41-43(35)24-29)28-10-13-34(40-22-28)39-21-26-16-31(17-26)38-20-25-6-4-3-5-7-25/h3-13,18-19,22-24,26,31,37-38H,2,14-17,20-21,36H2,1H3,(H,39,40). The number of aromatic nitrogens is 3. The Kier molecular flexibility index (Phi) is 8.77. The van der Waals surface area contributed by atoms with Crippen molar-refractivity contribution in [2.24, 2.45) is 11.7 Å². The van der Waals surface area contributed by atoms with E-state index in [0.717, 1.165) is 71.0 Å². The summed E-state index contributed by atoms with van der Waals surface area (Å²) in [5.41, 5.74) is 14.1. The number of rotatable bonds is 13. The summed E-state index contributed by atoms with van der Waals surface area (Å²) in [7, 11) is 0. The van der Waals surface area contributed by atoms with Crippen LogP contribution in [0.4, 0.5) is 11.5 Å². The first-order chi connectivity index (χ1) is 21.1. The number of fused-ring (bicyclic) bond motifs is 1. The van der Waals surface area contributed by atoms with E-state index < -0.39 is 0 Å². The average Bonchev–Trinajstić information content (AvgIpc) is 3.46. The maximum absolute atomic E-state index is 7.95. The van der Waals surface area contributed by atoms with Crippen LogP contribution >= 0.6 is 0 Å². The van der Waals surface area contributed by atoms with E-state index in [4.69, 9.17) is 16.1 Å². The first kappa shape index (κ1) is 28.6. The van der Waals surface area contributed by atoms with Crippen molar-refractivity contribution < 1.29 is 0 Å². The lowest BCUT2D eigenvalue weighted by molar-refractivity contribution is 0.233. The Morgan fingerprint density at radius 3 is 2.49 bits per heavy atom. The van der Waals surface area contributed by atoms with Crippen LogP contribution in [0.3, 0.4) is 0 Å². The quantitative estimate of drug-likeness (QED) is 0.132. The van der Waals surface area contributed by atoms with Gasteiger partial charge in [0.15, 0.2) is 0 Å². The van der Waals surface area contributed by atoms with Crippen molar-refractivity contribution in [3.05, 3.63) is 103 Å². The van der Waals surface area contributed by atoms with Gasteiger partial charge in [-0.15, -0.1) is 0 Å². The third-order valence-corrected chi connectivity index (χ3v) is 8.46. The molecule has 0 radical (unpaired) electrons. The van der Waals surface area contributed by atoms with E-state index in [1.54, 1.807) is 6.20 Å². The van der Waals surface area contributed by atoms with Gasteiger partial charge in [-0.25, -0.2) is 9.50 Å². The van der Waals surface area contributed by atoms with Crippen LogP contribution in [0.15, 0.2) is 91.4 Å². The minimum atomic E-state index is 0.587. The van der Waals surface area contributed by atoms with Gasteiger partial charge in [0.05, 0.1) is 11.7 Å². The molecule has 0 spiro atoms. The minimum absolute atomic E-state index is 0.587. The summed E-state index contributed by atoms with van der Waals surface area (Å²) >= 11 is 0. The van der Waals surface area contributed by atoms with Crippen molar-refractivity contribution in [3.63, 3.8) is 0 Å². The molecular weight excluding hydrogens is 532 g/mol. The number of anilines is 2. The number of nitrogens with one attached hydrogen (secondary N) is 3. The van der Waals surface area contributed by atoms with E-state index in [9.17, 15) is 0 Å². The normalized spacial score (nSPS) is 16.1. The molecule has 0 aliphatic heterocycles. The zero-order chi connectivity index (χ0) is 29.6. The average molecular weight is 573 g/mol. The van der Waals surface area contributed by atoms with Gasteiger partial charge >= 0.3 is 0 Å². The molecule has 220 valence electrons. The van der Waals surface area contributed by atoms with Gasteiger partial charge in [0, 0.05) is 85.3 Å². The molecule has 5 N–H and O–H groups in total. The predicted octanol–water partition coefficient (Wildman–Crippen LogP) is 5.83. The third kappa shape index (κ3) is 6.45. The van der Waals surface area contributed by atoms with E-state index in [2.05, 4.69) is 94.3 Å². The maximum atomic E-state index is 7.95. The minimum Gasteiger partial charge on any atom is -0.371 e. The first-order valence-corrected chi connectivity index (χ1v) is 15.2. The number of nitrogens with zero attached hydrogens (tertiary/aromatic N) is 4. The van der Waals surface area contributed by atoms with Gasteiger partial charge in [-0.1, -0.05) is 42.5 Å². The van der Waals surface area contributed by atoms with Gasteiger partial charge in [0.25, 0.3) is 0 Å². The molecule has 1 aliphatic carbocycles. The number of pyridine rings is 2. The van der Waals surface area contributed by atoms with Gasteiger partial charge in [-0.3, -0.25) is 0 Å². The Hall–Kier alpha value is -4.53. The van der Waals surface area contributed by atoms with Crippen LogP contribution in [-0.2, 0) is 6.54 Å². The molecule has 8 heteroatoms. The van der Waals surface area contributed by atoms with Crippen LogP contribution < -0.4 is 21.3 Å². The lowest BCUT2D eigenvalue weighted by Gasteiger charge is -2.36. The molecule has 5 aromatic rings. The van der Waals surface area contributed by atoms with E-state index in [-0.39, 0.29) is 0 Å². The molecule has 0 atom stereocenters. The van der Waals surface area contributed by atoms with Crippen LogP contribution in [-0.4, -0.2) is 53.0 Å². The van der Waals surface area contributed by atoms with E-state index in [0.29, 0.717) is 18.5 Å². The SMILES string of the molecule is CCN(CCN)c1ccc(-c2cc(-c3ccc(NCC4CC(NCc5ccccc5)C4)nc3)c3c(C=N)cnn3c2)cc1. The second-order valence-electron chi connectivity index (χ2n) is 11.3.